The maximum Gasteiger partial charge on any atom is 0.433 e. The van der Waals surface area contributed by atoms with E-state index in [1.807, 2.05) is 0 Å². The largest absolute Gasteiger partial charge is 0.481 e. The van der Waals surface area contributed by atoms with Gasteiger partial charge in [0.25, 0.3) is 0 Å². The number of halogens is 6. The van der Waals surface area contributed by atoms with E-state index in [2.05, 4.69) is 20.5 Å². The Morgan fingerprint density at radius 1 is 1.03 bits per heavy atom. The fraction of sp³-hybridized carbons (Fsp3) is 0.292. The van der Waals surface area contributed by atoms with Crippen LogP contribution in [-0.2, 0) is 17.4 Å². The van der Waals surface area contributed by atoms with Crippen molar-refractivity contribution in [3.05, 3.63) is 65.5 Å². The molecule has 4 rings (SSSR count). The topological polar surface area (TPSA) is 105 Å². The summed E-state index contributed by atoms with van der Waals surface area (Å²) in [4.78, 5) is 27.6. The number of hydrogen-bond donors (Lipinski definition) is 2. The first-order chi connectivity index (χ1) is 17.3. The Bertz CT molecular complexity index is 1320. The third-order valence-electron chi connectivity index (χ3n) is 6.02. The second kappa shape index (κ2) is 9.45. The molecule has 3 aromatic rings. The van der Waals surface area contributed by atoms with Crippen LogP contribution < -0.4 is 5.32 Å². The van der Waals surface area contributed by atoms with Crippen LogP contribution in [0.25, 0.3) is 11.3 Å². The highest BCUT2D eigenvalue weighted by Crippen LogP contribution is 2.46. The van der Waals surface area contributed by atoms with E-state index in [4.69, 9.17) is 5.11 Å². The second-order valence-electron chi connectivity index (χ2n) is 8.70. The number of Topliss-reactive ketones (excluding diaryl/α,β-unsaturated/α-hetero) is 1. The average Bonchev–Trinajstić information content (AvgIpc) is 2.80. The van der Waals surface area contributed by atoms with Gasteiger partial charge in [-0.1, -0.05) is 12.1 Å². The Labute approximate surface area is 205 Å². The standard InChI is InChI=1S/C24H18F6N4O3/c25-23(26,27)12-22(10-20(35)36)8-7-13-9-14(1-3-16(13)21(22)37)17-4-6-19(34-33-17)32-15-2-5-18(31-11-15)24(28,29)30/h1-6,9,11H,7-8,10,12H2,(H,32,34)(H,35,36). The van der Waals surface area contributed by atoms with Crippen LogP contribution in [0.5, 0.6) is 0 Å². The van der Waals surface area contributed by atoms with Crippen LogP contribution in [0.4, 0.5) is 37.8 Å². The third kappa shape index (κ3) is 5.87. The van der Waals surface area contributed by atoms with Gasteiger partial charge in [0.1, 0.15) is 5.69 Å². The van der Waals surface area contributed by atoms with Gasteiger partial charge >= 0.3 is 18.3 Å². The molecule has 1 atom stereocenters. The zero-order chi connectivity index (χ0) is 27.0. The van der Waals surface area contributed by atoms with Crippen molar-refractivity contribution in [1.82, 2.24) is 15.2 Å². The molecule has 37 heavy (non-hydrogen) atoms. The highest BCUT2D eigenvalue weighted by Gasteiger charge is 2.51. The van der Waals surface area contributed by atoms with Crippen molar-refractivity contribution >= 4 is 23.3 Å². The number of aliphatic carboxylic acids is 1. The molecule has 2 N–H and O–H groups in total. The number of carboxylic acid groups (broad SMARTS) is 1. The summed E-state index contributed by atoms with van der Waals surface area (Å²) in [5, 5.41) is 20.0. The van der Waals surface area contributed by atoms with Crippen LogP contribution in [0.15, 0.2) is 48.7 Å². The minimum atomic E-state index is -4.70. The summed E-state index contributed by atoms with van der Waals surface area (Å²) in [6.07, 6.45) is -10.9. The summed E-state index contributed by atoms with van der Waals surface area (Å²) < 4.78 is 77.5. The number of fused-ring (bicyclic) bond motifs is 1. The van der Waals surface area contributed by atoms with Gasteiger partial charge in [-0.2, -0.15) is 26.3 Å². The molecule has 0 bridgehead atoms. The lowest BCUT2D eigenvalue weighted by Crippen LogP contribution is -2.41. The zero-order valence-corrected chi connectivity index (χ0v) is 18.8. The number of alkyl halides is 6. The Hall–Kier alpha value is -4.03. The quantitative estimate of drug-likeness (QED) is 0.390. The normalized spacial score (nSPS) is 17.8. The van der Waals surface area contributed by atoms with E-state index in [1.54, 1.807) is 12.1 Å². The Morgan fingerprint density at radius 2 is 1.78 bits per heavy atom. The van der Waals surface area contributed by atoms with E-state index in [-0.39, 0.29) is 29.9 Å². The van der Waals surface area contributed by atoms with Crippen molar-refractivity contribution in [2.75, 3.05) is 5.32 Å². The molecular weight excluding hydrogens is 506 g/mol. The molecule has 0 amide bonds. The lowest BCUT2D eigenvalue weighted by atomic mass is 9.66. The van der Waals surface area contributed by atoms with Gasteiger partial charge in [-0.3, -0.25) is 9.59 Å². The Morgan fingerprint density at radius 3 is 2.35 bits per heavy atom. The number of hydrogen-bond acceptors (Lipinski definition) is 6. The molecular formula is C24H18F6N4O3. The zero-order valence-electron chi connectivity index (χ0n) is 18.8. The maximum absolute atomic E-state index is 13.2. The Kier molecular flexibility index (Phi) is 6.65. The number of anilines is 2. The number of pyridine rings is 1. The van der Waals surface area contributed by atoms with Crippen LogP contribution >= 0.6 is 0 Å². The summed E-state index contributed by atoms with van der Waals surface area (Å²) in [5.41, 5.74) is -1.41. The minimum absolute atomic E-state index is 0.0431. The van der Waals surface area contributed by atoms with Crippen molar-refractivity contribution in [3.8, 4) is 11.3 Å². The summed E-state index contributed by atoms with van der Waals surface area (Å²) in [6, 6.07) is 9.54. The second-order valence-corrected chi connectivity index (χ2v) is 8.70. The minimum Gasteiger partial charge on any atom is -0.481 e. The molecule has 194 valence electrons. The third-order valence-corrected chi connectivity index (χ3v) is 6.02. The molecule has 0 aliphatic heterocycles. The first-order valence-electron chi connectivity index (χ1n) is 10.9. The summed E-state index contributed by atoms with van der Waals surface area (Å²) >= 11 is 0. The number of carboxylic acids is 1. The smallest absolute Gasteiger partial charge is 0.433 e. The molecule has 1 unspecified atom stereocenters. The van der Waals surface area contributed by atoms with Crippen LogP contribution in [0.2, 0.25) is 0 Å². The molecule has 0 radical (unpaired) electrons. The van der Waals surface area contributed by atoms with Crippen molar-refractivity contribution in [2.45, 2.75) is 38.0 Å². The lowest BCUT2D eigenvalue weighted by molar-refractivity contribution is -0.160. The van der Waals surface area contributed by atoms with E-state index in [1.165, 1.54) is 24.3 Å². The molecule has 1 aliphatic carbocycles. The molecule has 0 spiro atoms. The molecule has 2 heterocycles. The predicted octanol–water partition coefficient (Wildman–Crippen LogP) is 5.84. The average molecular weight is 524 g/mol. The highest BCUT2D eigenvalue weighted by molar-refractivity contribution is 6.04. The number of nitrogens with zero attached hydrogens (tertiary/aromatic N) is 3. The van der Waals surface area contributed by atoms with Crippen LogP contribution in [0, 0.1) is 5.41 Å². The van der Waals surface area contributed by atoms with Crippen molar-refractivity contribution in [3.63, 3.8) is 0 Å². The first-order valence-corrected chi connectivity index (χ1v) is 10.9. The van der Waals surface area contributed by atoms with E-state index in [0.29, 0.717) is 16.8 Å². The lowest BCUT2D eigenvalue weighted by Gasteiger charge is -2.36. The summed E-state index contributed by atoms with van der Waals surface area (Å²) in [6.45, 7) is 0. The number of rotatable bonds is 6. The summed E-state index contributed by atoms with van der Waals surface area (Å²) in [7, 11) is 0. The van der Waals surface area contributed by atoms with Crippen molar-refractivity contribution in [1.29, 1.82) is 0 Å². The maximum atomic E-state index is 13.2. The molecule has 7 nitrogen and oxygen atoms in total. The summed E-state index contributed by atoms with van der Waals surface area (Å²) in [5.74, 6) is -2.10. The molecule has 1 aromatic carbocycles. The van der Waals surface area contributed by atoms with Crippen molar-refractivity contribution in [2.24, 2.45) is 5.41 Å². The van der Waals surface area contributed by atoms with Gasteiger partial charge in [0.15, 0.2) is 11.6 Å². The van der Waals surface area contributed by atoms with E-state index in [9.17, 15) is 35.9 Å². The number of carbonyl (C=O) groups is 2. The molecule has 2 aromatic heterocycles. The number of aromatic nitrogens is 3. The van der Waals surface area contributed by atoms with Crippen LogP contribution in [-0.4, -0.2) is 38.2 Å². The number of ketones is 1. The van der Waals surface area contributed by atoms with E-state index >= 15 is 0 Å². The number of benzene rings is 1. The van der Waals surface area contributed by atoms with Gasteiger partial charge in [0.05, 0.1) is 35.8 Å². The number of nitrogens with one attached hydrogen (secondary N) is 1. The molecule has 0 fully saturated rings. The van der Waals surface area contributed by atoms with E-state index < -0.39 is 48.1 Å². The van der Waals surface area contributed by atoms with Gasteiger partial charge in [-0.05, 0) is 48.7 Å². The van der Waals surface area contributed by atoms with Gasteiger partial charge in [0.2, 0.25) is 0 Å². The Balaban J connectivity index is 1.53. The van der Waals surface area contributed by atoms with Gasteiger partial charge in [-0.15, -0.1) is 10.2 Å². The fourth-order valence-electron chi connectivity index (χ4n) is 4.36. The molecule has 0 saturated carbocycles. The fourth-order valence-corrected chi connectivity index (χ4v) is 4.36. The molecule has 0 saturated heterocycles. The van der Waals surface area contributed by atoms with Gasteiger partial charge < -0.3 is 10.4 Å². The van der Waals surface area contributed by atoms with Gasteiger partial charge in [-0.25, -0.2) is 4.98 Å². The van der Waals surface area contributed by atoms with E-state index in [0.717, 1.165) is 12.3 Å². The number of carbonyl (C=O) groups excluding carboxylic acids is 1. The van der Waals surface area contributed by atoms with Crippen LogP contribution in [0.3, 0.4) is 0 Å². The first kappa shape index (κ1) is 26.0. The monoisotopic (exact) mass is 524 g/mol. The number of aryl methyl sites for hydroxylation is 1. The SMILES string of the molecule is O=C(O)CC1(CC(F)(F)F)CCc2cc(-c3ccc(Nc4ccc(C(F)(F)F)nc4)nn3)ccc2C1=O. The van der Waals surface area contributed by atoms with Gasteiger partial charge in [0, 0.05) is 11.1 Å². The molecule has 13 heteroatoms. The van der Waals surface area contributed by atoms with Crippen molar-refractivity contribution < 1.29 is 41.0 Å². The van der Waals surface area contributed by atoms with Crippen LogP contribution in [0.1, 0.15) is 40.9 Å². The highest BCUT2D eigenvalue weighted by atomic mass is 19.4. The predicted molar refractivity (Wildman–Crippen MR) is 118 cm³/mol. The molecule has 1 aliphatic rings.